The largest absolute Gasteiger partial charge is 0.497 e. The predicted octanol–water partition coefficient (Wildman–Crippen LogP) is 4.80. The SMILES string of the molecule is COc1ccc(N2C(=O)C3Sc4c(sc(=O)n4CC(=O)Nc4ccccc4C)C(c4ccc(F)cc4)C3C2=O)cc1. The maximum absolute atomic E-state index is 13.9. The van der Waals surface area contributed by atoms with Gasteiger partial charge in [0.15, 0.2) is 0 Å². The number of rotatable bonds is 6. The summed E-state index contributed by atoms with van der Waals surface area (Å²) in [4.78, 5) is 55.4. The molecule has 0 spiro atoms. The van der Waals surface area contributed by atoms with E-state index in [-0.39, 0.29) is 11.4 Å². The standard InChI is InChI=1S/C30H24FN3O5S2/c1-16-5-3-4-6-21(16)32-22(35)15-33-29-26(41-30(33)38)23(17-7-9-18(31)10-8-17)24-25(40-29)28(37)34(27(24)36)19-11-13-20(39-2)14-12-19/h3-14,23-25H,15H2,1-2H3,(H,32,35). The van der Waals surface area contributed by atoms with Gasteiger partial charge in [-0.2, -0.15) is 0 Å². The van der Waals surface area contributed by atoms with Gasteiger partial charge in [-0.1, -0.05) is 53.4 Å². The summed E-state index contributed by atoms with van der Waals surface area (Å²) in [6.45, 7) is 1.61. The van der Waals surface area contributed by atoms with Crippen molar-refractivity contribution in [3.8, 4) is 5.75 Å². The van der Waals surface area contributed by atoms with E-state index in [1.165, 1.54) is 28.7 Å². The highest BCUT2D eigenvalue weighted by Crippen LogP contribution is 2.53. The van der Waals surface area contributed by atoms with Gasteiger partial charge in [0.25, 0.3) is 0 Å². The van der Waals surface area contributed by atoms with E-state index < -0.39 is 40.6 Å². The molecule has 3 amide bonds. The number of para-hydroxylation sites is 1. The molecule has 208 valence electrons. The van der Waals surface area contributed by atoms with Gasteiger partial charge in [-0.05, 0) is 60.5 Å². The highest BCUT2D eigenvalue weighted by molar-refractivity contribution is 8.00. The molecule has 0 saturated carbocycles. The Balaban J connectivity index is 1.40. The highest BCUT2D eigenvalue weighted by Gasteiger charge is 2.56. The fourth-order valence-electron chi connectivity index (χ4n) is 5.32. The van der Waals surface area contributed by atoms with Crippen molar-refractivity contribution in [2.75, 3.05) is 17.3 Å². The number of anilines is 2. The first-order chi connectivity index (χ1) is 19.8. The summed E-state index contributed by atoms with van der Waals surface area (Å²) >= 11 is 2.07. The second-order valence-corrected chi connectivity index (χ2v) is 11.9. The van der Waals surface area contributed by atoms with Crippen molar-refractivity contribution in [3.63, 3.8) is 0 Å². The number of methoxy groups -OCH3 is 1. The molecule has 1 aromatic heterocycles. The van der Waals surface area contributed by atoms with Gasteiger partial charge in [0.2, 0.25) is 17.7 Å². The van der Waals surface area contributed by atoms with Crippen LogP contribution in [0.25, 0.3) is 0 Å². The van der Waals surface area contributed by atoms with Crippen LogP contribution in [0.5, 0.6) is 5.75 Å². The number of hydrogen-bond acceptors (Lipinski definition) is 7. The number of hydrogen-bond donors (Lipinski definition) is 1. The minimum absolute atomic E-state index is 0.260. The molecule has 2 aliphatic rings. The van der Waals surface area contributed by atoms with Crippen LogP contribution in [0.4, 0.5) is 15.8 Å². The number of carbonyl (C=O) groups is 3. The van der Waals surface area contributed by atoms with Crippen molar-refractivity contribution in [1.29, 1.82) is 0 Å². The van der Waals surface area contributed by atoms with Gasteiger partial charge in [-0.15, -0.1) is 0 Å². The molecule has 3 unspecified atom stereocenters. The Hall–Kier alpha value is -4.22. The Labute approximate surface area is 242 Å². The van der Waals surface area contributed by atoms with Crippen LogP contribution >= 0.6 is 23.1 Å². The highest BCUT2D eigenvalue weighted by atomic mass is 32.2. The van der Waals surface area contributed by atoms with E-state index in [1.807, 2.05) is 25.1 Å². The van der Waals surface area contributed by atoms with Crippen molar-refractivity contribution >= 4 is 52.2 Å². The number of aromatic nitrogens is 1. The van der Waals surface area contributed by atoms with Crippen molar-refractivity contribution in [2.24, 2.45) is 5.92 Å². The lowest BCUT2D eigenvalue weighted by Crippen LogP contribution is -2.33. The maximum Gasteiger partial charge on any atom is 0.308 e. The zero-order valence-corrected chi connectivity index (χ0v) is 23.6. The van der Waals surface area contributed by atoms with E-state index in [0.717, 1.165) is 28.7 Å². The molecule has 3 atom stereocenters. The van der Waals surface area contributed by atoms with E-state index in [0.29, 0.717) is 32.6 Å². The van der Waals surface area contributed by atoms with Crippen LogP contribution < -0.4 is 19.8 Å². The van der Waals surface area contributed by atoms with Gasteiger partial charge in [-0.3, -0.25) is 23.7 Å². The smallest absolute Gasteiger partial charge is 0.308 e. The van der Waals surface area contributed by atoms with Gasteiger partial charge < -0.3 is 10.1 Å². The average molecular weight is 590 g/mol. The molecular weight excluding hydrogens is 565 g/mol. The van der Waals surface area contributed by atoms with Crippen LogP contribution in [0.2, 0.25) is 0 Å². The molecule has 0 bridgehead atoms. The Kier molecular flexibility index (Phi) is 7.00. The number of carbonyl (C=O) groups excluding carboxylic acids is 3. The molecule has 3 heterocycles. The Bertz CT molecular complexity index is 1730. The molecule has 11 heteroatoms. The van der Waals surface area contributed by atoms with Crippen LogP contribution in [0.1, 0.15) is 21.9 Å². The van der Waals surface area contributed by atoms with Gasteiger partial charge in [0.1, 0.15) is 23.4 Å². The van der Waals surface area contributed by atoms with E-state index in [9.17, 15) is 23.6 Å². The van der Waals surface area contributed by atoms with E-state index in [4.69, 9.17) is 4.74 Å². The lowest BCUT2D eigenvalue weighted by Gasteiger charge is -2.30. The third kappa shape index (κ3) is 4.74. The molecule has 2 aliphatic heterocycles. The van der Waals surface area contributed by atoms with Crippen LogP contribution in [-0.2, 0) is 20.9 Å². The van der Waals surface area contributed by atoms with E-state index in [2.05, 4.69) is 5.32 Å². The van der Waals surface area contributed by atoms with Crippen LogP contribution in [0.3, 0.4) is 0 Å². The quantitative estimate of drug-likeness (QED) is 0.325. The molecule has 1 fully saturated rings. The van der Waals surface area contributed by atoms with Crippen molar-refractivity contribution in [3.05, 3.63) is 104 Å². The summed E-state index contributed by atoms with van der Waals surface area (Å²) in [6, 6.07) is 19.7. The lowest BCUT2D eigenvalue weighted by molar-refractivity contribution is -0.122. The molecule has 1 N–H and O–H groups in total. The summed E-state index contributed by atoms with van der Waals surface area (Å²) in [5, 5.41) is 2.47. The number of fused-ring (bicyclic) bond motifs is 2. The summed E-state index contributed by atoms with van der Waals surface area (Å²) in [6.07, 6.45) is 0. The maximum atomic E-state index is 13.9. The Morgan fingerprint density at radius 3 is 2.37 bits per heavy atom. The topological polar surface area (TPSA) is 97.7 Å². The zero-order chi connectivity index (χ0) is 28.8. The number of aryl methyl sites for hydroxylation is 1. The van der Waals surface area contributed by atoms with Crippen molar-refractivity contribution in [1.82, 2.24) is 4.57 Å². The van der Waals surface area contributed by atoms with E-state index in [1.54, 1.807) is 42.5 Å². The van der Waals surface area contributed by atoms with Crippen molar-refractivity contribution < 1.29 is 23.5 Å². The number of amides is 3. The normalized spacial score (nSPS) is 19.6. The number of ether oxygens (including phenoxy) is 1. The molecule has 1 saturated heterocycles. The number of imide groups is 1. The number of nitrogens with one attached hydrogen (secondary N) is 1. The minimum Gasteiger partial charge on any atom is -0.497 e. The fraction of sp³-hybridized carbons (Fsp3) is 0.200. The number of thioether (sulfide) groups is 1. The van der Waals surface area contributed by atoms with Crippen LogP contribution in [0, 0.1) is 18.7 Å². The molecule has 0 radical (unpaired) electrons. The minimum atomic E-state index is -0.841. The average Bonchev–Trinajstić information content (AvgIpc) is 3.41. The number of nitrogens with zero attached hydrogens (tertiary/aromatic N) is 2. The second-order valence-electron chi connectivity index (χ2n) is 9.79. The summed E-state index contributed by atoms with van der Waals surface area (Å²) in [5.41, 5.74) is 2.53. The summed E-state index contributed by atoms with van der Waals surface area (Å²) in [7, 11) is 1.53. The molecular formula is C30H24FN3O5S2. The fourth-order valence-corrected chi connectivity index (χ4v) is 8.09. The van der Waals surface area contributed by atoms with E-state index >= 15 is 0 Å². The molecule has 0 aliphatic carbocycles. The zero-order valence-electron chi connectivity index (χ0n) is 22.0. The van der Waals surface area contributed by atoms with Gasteiger partial charge in [0.05, 0.1) is 23.7 Å². The number of halogens is 1. The second kappa shape index (κ2) is 10.6. The Morgan fingerprint density at radius 1 is 0.976 bits per heavy atom. The first kappa shape index (κ1) is 27.0. The molecule has 6 rings (SSSR count). The first-order valence-corrected chi connectivity index (χ1v) is 14.5. The third-order valence-electron chi connectivity index (χ3n) is 7.33. The Morgan fingerprint density at radius 2 is 1.68 bits per heavy atom. The van der Waals surface area contributed by atoms with Gasteiger partial charge in [0, 0.05) is 16.5 Å². The predicted molar refractivity (Wildman–Crippen MR) is 155 cm³/mol. The molecule has 41 heavy (non-hydrogen) atoms. The molecule has 4 aromatic rings. The van der Waals surface area contributed by atoms with Crippen LogP contribution in [0.15, 0.2) is 82.6 Å². The third-order valence-corrected chi connectivity index (χ3v) is 9.93. The van der Waals surface area contributed by atoms with Gasteiger partial charge in [-0.25, -0.2) is 9.29 Å². The summed E-state index contributed by atoms with van der Waals surface area (Å²) < 4.78 is 20.5. The molecule has 8 nitrogen and oxygen atoms in total. The first-order valence-electron chi connectivity index (χ1n) is 12.8. The molecule has 3 aromatic carbocycles. The lowest BCUT2D eigenvalue weighted by atomic mass is 9.83. The van der Waals surface area contributed by atoms with Crippen LogP contribution in [-0.4, -0.2) is 34.6 Å². The number of benzene rings is 3. The monoisotopic (exact) mass is 589 g/mol. The van der Waals surface area contributed by atoms with Gasteiger partial charge >= 0.3 is 4.87 Å². The number of thiazole rings is 1. The van der Waals surface area contributed by atoms with Crippen molar-refractivity contribution in [2.45, 2.75) is 29.7 Å². The summed E-state index contributed by atoms with van der Waals surface area (Å²) in [5.74, 6) is -2.56.